The number of benzene rings is 1. The summed E-state index contributed by atoms with van der Waals surface area (Å²) in [5.74, 6) is 2.83. The van der Waals surface area contributed by atoms with E-state index in [4.69, 9.17) is 5.84 Å². The first-order valence-corrected chi connectivity index (χ1v) is 5.65. The molecule has 1 aromatic carbocycles. The average molecular weight is 283 g/mol. The summed E-state index contributed by atoms with van der Waals surface area (Å²) in [7, 11) is 0. The summed E-state index contributed by atoms with van der Waals surface area (Å²) in [5, 5.41) is 2.54. The predicted octanol–water partition coefficient (Wildman–Crippen LogP) is 2.54. The fourth-order valence-electron chi connectivity index (χ4n) is 1.67. The molecular formula is C12H12F3N5. The van der Waals surface area contributed by atoms with Crippen molar-refractivity contribution in [1.82, 2.24) is 9.97 Å². The number of aryl methyl sites for hydroxylation is 1. The number of rotatable bonds is 3. The summed E-state index contributed by atoms with van der Waals surface area (Å²) in [4.78, 5) is 8.07. The predicted molar refractivity (Wildman–Crippen MR) is 68.9 cm³/mol. The van der Waals surface area contributed by atoms with Crippen LogP contribution in [0.25, 0.3) is 0 Å². The molecule has 2 rings (SSSR count). The van der Waals surface area contributed by atoms with Crippen LogP contribution < -0.4 is 16.6 Å². The molecule has 0 saturated carbocycles. The van der Waals surface area contributed by atoms with Crippen molar-refractivity contribution in [2.45, 2.75) is 13.8 Å². The molecule has 0 spiro atoms. The Morgan fingerprint density at radius 2 is 1.70 bits per heavy atom. The van der Waals surface area contributed by atoms with Crippen molar-refractivity contribution in [1.29, 1.82) is 0 Å². The summed E-state index contributed by atoms with van der Waals surface area (Å²) in [6.45, 7) is 3.23. The molecule has 20 heavy (non-hydrogen) atoms. The maximum atomic E-state index is 13.6. The Bertz CT molecular complexity index is 660. The van der Waals surface area contributed by atoms with Crippen molar-refractivity contribution >= 4 is 17.3 Å². The van der Waals surface area contributed by atoms with E-state index in [1.54, 1.807) is 13.8 Å². The minimum Gasteiger partial charge on any atom is -0.337 e. The Labute approximate surface area is 113 Å². The van der Waals surface area contributed by atoms with E-state index < -0.39 is 17.5 Å². The van der Waals surface area contributed by atoms with Crippen molar-refractivity contribution < 1.29 is 13.2 Å². The van der Waals surface area contributed by atoms with Crippen LogP contribution >= 0.6 is 0 Å². The van der Waals surface area contributed by atoms with Crippen LogP contribution in [0.4, 0.5) is 30.5 Å². The largest absolute Gasteiger partial charge is 0.337 e. The van der Waals surface area contributed by atoms with Gasteiger partial charge in [-0.3, -0.25) is 0 Å². The Kier molecular flexibility index (Phi) is 3.75. The molecule has 0 radical (unpaired) electrons. The SMILES string of the molecule is Cc1nc(NN)c(C)c(Nc2cc(F)cc(F)c2F)n1. The molecule has 2 aromatic rings. The van der Waals surface area contributed by atoms with E-state index in [1.165, 1.54) is 0 Å². The third-order valence-corrected chi connectivity index (χ3v) is 2.64. The number of nitrogens with two attached hydrogens (primary N) is 1. The second-order valence-corrected chi connectivity index (χ2v) is 4.11. The van der Waals surface area contributed by atoms with Gasteiger partial charge in [-0.05, 0) is 13.8 Å². The van der Waals surface area contributed by atoms with E-state index in [0.29, 0.717) is 23.3 Å². The Morgan fingerprint density at radius 3 is 2.35 bits per heavy atom. The first-order valence-electron chi connectivity index (χ1n) is 5.65. The molecule has 0 saturated heterocycles. The number of nitrogens with zero attached hydrogens (tertiary/aromatic N) is 2. The first-order chi connectivity index (χ1) is 9.42. The first kappa shape index (κ1) is 14.1. The van der Waals surface area contributed by atoms with Crippen molar-refractivity contribution in [3.63, 3.8) is 0 Å². The van der Waals surface area contributed by atoms with Crippen molar-refractivity contribution in [3.8, 4) is 0 Å². The summed E-state index contributed by atoms with van der Waals surface area (Å²) < 4.78 is 39.9. The van der Waals surface area contributed by atoms with Crippen LogP contribution in [0.3, 0.4) is 0 Å². The molecule has 0 unspecified atom stereocenters. The van der Waals surface area contributed by atoms with E-state index in [0.717, 1.165) is 6.07 Å². The molecule has 0 aliphatic heterocycles. The van der Waals surface area contributed by atoms with E-state index in [-0.39, 0.29) is 11.5 Å². The van der Waals surface area contributed by atoms with Crippen LogP contribution in [0.2, 0.25) is 0 Å². The van der Waals surface area contributed by atoms with E-state index in [2.05, 4.69) is 20.7 Å². The zero-order valence-electron chi connectivity index (χ0n) is 10.8. The molecule has 4 N–H and O–H groups in total. The number of nitrogens with one attached hydrogen (secondary N) is 2. The normalized spacial score (nSPS) is 10.5. The number of halogens is 3. The number of aromatic nitrogens is 2. The molecule has 0 amide bonds. The number of hydrazine groups is 1. The van der Waals surface area contributed by atoms with Gasteiger partial charge in [0.2, 0.25) is 0 Å². The number of nitrogen functional groups attached to an aromatic ring is 1. The summed E-state index contributed by atoms with van der Waals surface area (Å²) in [5.41, 5.74) is 2.50. The van der Waals surface area contributed by atoms with Crippen molar-refractivity contribution in [2.75, 3.05) is 10.7 Å². The van der Waals surface area contributed by atoms with Gasteiger partial charge in [-0.25, -0.2) is 29.0 Å². The lowest BCUT2D eigenvalue weighted by Crippen LogP contribution is -2.13. The van der Waals surface area contributed by atoms with Gasteiger partial charge >= 0.3 is 0 Å². The fourth-order valence-corrected chi connectivity index (χ4v) is 1.67. The molecule has 5 nitrogen and oxygen atoms in total. The fraction of sp³-hybridized carbons (Fsp3) is 0.167. The second kappa shape index (κ2) is 5.33. The lowest BCUT2D eigenvalue weighted by Gasteiger charge is -2.13. The number of anilines is 3. The van der Waals surface area contributed by atoms with Crippen LogP contribution in [0.1, 0.15) is 11.4 Å². The van der Waals surface area contributed by atoms with Gasteiger partial charge in [-0.2, -0.15) is 0 Å². The highest BCUT2D eigenvalue weighted by Gasteiger charge is 2.14. The summed E-state index contributed by atoms with van der Waals surface area (Å²) >= 11 is 0. The van der Waals surface area contributed by atoms with E-state index >= 15 is 0 Å². The number of hydrogen-bond acceptors (Lipinski definition) is 5. The molecule has 106 valence electrons. The maximum absolute atomic E-state index is 13.6. The van der Waals surface area contributed by atoms with Crippen LogP contribution in [-0.4, -0.2) is 9.97 Å². The van der Waals surface area contributed by atoms with Gasteiger partial charge in [0, 0.05) is 17.7 Å². The molecule has 0 aliphatic rings. The zero-order valence-corrected chi connectivity index (χ0v) is 10.8. The van der Waals surface area contributed by atoms with Crippen molar-refractivity contribution in [2.24, 2.45) is 5.84 Å². The van der Waals surface area contributed by atoms with Crippen LogP contribution in [0, 0.1) is 31.3 Å². The molecule has 0 aliphatic carbocycles. The zero-order chi connectivity index (χ0) is 14.9. The van der Waals surface area contributed by atoms with Gasteiger partial charge in [-0.15, -0.1) is 0 Å². The highest BCUT2D eigenvalue weighted by Crippen LogP contribution is 2.26. The lowest BCUT2D eigenvalue weighted by molar-refractivity contribution is 0.498. The van der Waals surface area contributed by atoms with Crippen LogP contribution in [-0.2, 0) is 0 Å². The van der Waals surface area contributed by atoms with Gasteiger partial charge in [-0.1, -0.05) is 0 Å². The van der Waals surface area contributed by atoms with E-state index in [1.807, 2.05) is 0 Å². The smallest absolute Gasteiger partial charge is 0.182 e. The van der Waals surface area contributed by atoms with Crippen molar-refractivity contribution in [3.05, 3.63) is 41.0 Å². The monoisotopic (exact) mass is 283 g/mol. The standard InChI is InChI=1S/C12H12F3N5/c1-5-11(17-6(2)18-12(5)20-16)19-9-4-7(13)3-8(14)10(9)15/h3-4H,16H2,1-2H3,(H2,17,18,19,20). The number of hydrogen-bond donors (Lipinski definition) is 3. The molecular weight excluding hydrogens is 271 g/mol. The third-order valence-electron chi connectivity index (χ3n) is 2.64. The maximum Gasteiger partial charge on any atom is 0.182 e. The molecule has 8 heteroatoms. The second-order valence-electron chi connectivity index (χ2n) is 4.11. The molecule has 1 heterocycles. The van der Waals surface area contributed by atoms with Crippen LogP contribution in [0.15, 0.2) is 12.1 Å². The Hall–Kier alpha value is -2.35. The van der Waals surface area contributed by atoms with Gasteiger partial charge in [0.25, 0.3) is 0 Å². The quantitative estimate of drug-likeness (QED) is 0.458. The van der Waals surface area contributed by atoms with Gasteiger partial charge in [0.05, 0.1) is 5.69 Å². The lowest BCUT2D eigenvalue weighted by atomic mass is 10.2. The molecule has 0 bridgehead atoms. The van der Waals surface area contributed by atoms with Gasteiger partial charge < -0.3 is 10.7 Å². The minimum atomic E-state index is -1.28. The molecule has 1 aromatic heterocycles. The summed E-state index contributed by atoms with van der Waals surface area (Å²) in [6, 6.07) is 1.30. The summed E-state index contributed by atoms with van der Waals surface area (Å²) in [6.07, 6.45) is 0. The topological polar surface area (TPSA) is 75.9 Å². The van der Waals surface area contributed by atoms with Crippen LogP contribution in [0.5, 0.6) is 0 Å². The third kappa shape index (κ3) is 2.64. The molecule has 0 atom stereocenters. The highest BCUT2D eigenvalue weighted by atomic mass is 19.2. The highest BCUT2D eigenvalue weighted by molar-refractivity contribution is 5.65. The average Bonchev–Trinajstić information content (AvgIpc) is 2.39. The Morgan fingerprint density at radius 1 is 1.05 bits per heavy atom. The van der Waals surface area contributed by atoms with Gasteiger partial charge in [0.15, 0.2) is 11.6 Å². The van der Waals surface area contributed by atoms with E-state index in [9.17, 15) is 13.2 Å². The van der Waals surface area contributed by atoms with Gasteiger partial charge in [0.1, 0.15) is 23.3 Å². The Balaban J connectivity index is 2.47. The minimum absolute atomic E-state index is 0.203. The molecule has 0 fully saturated rings.